The fourth-order valence-electron chi connectivity index (χ4n) is 3.44. The van der Waals surface area contributed by atoms with Gasteiger partial charge in [-0.3, -0.25) is 9.36 Å². The Kier molecular flexibility index (Phi) is 4.77. The van der Waals surface area contributed by atoms with E-state index in [9.17, 15) is 9.59 Å². The third kappa shape index (κ3) is 3.33. The molecule has 1 aliphatic rings. The van der Waals surface area contributed by atoms with Crippen molar-refractivity contribution in [2.24, 2.45) is 0 Å². The molecule has 1 aliphatic heterocycles. The van der Waals surface area contributed by atoms with E-state index in [4.69, 9.17) is 23.5 Å². The molecule has 0 radical (unpaired) electrons. The first-order chi connectivity index (χ1) is 15.6. The Bertz CT molecular complexity index is 1440. The van der Waals surface area contributed by atoms with Gasteiger partial charge < -0.3 is 28.5 Å². The Hall–Kier alpha value is -4.28. The van der Waals surface area contributed by atoms with Crippen molar-refractivity contribution in [3.05, 3.63) is 57.1 Å². The van der Waals surface area contributed by atoms with Crippen molar-refractivity contribution in [2.45, 2.75) is 13.5 Å². The number of methoxy groups -OCH3 is 1. The van der Waals surface area contributed by atoms with Gasteiger partial charge in [0, 0.05) is 11.6 Å². The van der Waals surface area contributed by atoms with Crippen LogP contribution in [0.15, 0.2) is 44.4 Å². The monoisotopic (exact) mass is 438 g/mol. The van der Waals surface area contributed by atoms with Gasteiger partial charge in [-0.15, -0.1) is 0 Å². The molecule has 0 fully saturated rings. The van der Waals surface area contributed by atoms with Crippen molar-refractivity contribution in [3.63, 3.8) is 0 Å². The molecule has 0 saturated carbocycles. The highest BCUT2D eigenvalue weighted by molar-refractivity contribution is 5.81. The average molecular weight is 438 g/mol. The van der Waals surface area contributed by atoms with Crippen LogP contribution in [0.5, 0.6) is 23.0 Å². The number of ether oxygens (including phenoxy) is 4. The van der Waals surface area contributed by atoms with E-state index in [1.165, 1.54) is 13.2 Å². The number of hydrogen-bond acceptors (Lipinski definition) is 9. The van der Waals surface area contributed by atoms with Crippen molar-refractivity contribution < 1.29 is 23.5 Å². The Labute approximate surface area is 180 Å². The maximum Gasteiger partial charge on any atom is 0.329 e. The van der Waals surface area contributed by atoms with Crippen molar-refractivity contribution >= 4 is 10.9 Å². The summed E-state index contributed by atoms with van der Waals surface area (Å²) in [5.41, 5.74) is -0.130. The molecule has 0 bridgehead atoms. The lowest BCUT2D eigenvalue weighted by Gasteiger charge is -2.09. The van der Waals surface area contributed by atoms with Crippen LogP contribution in [0, 0.1) is 0 Å². The molecule has 0 unspecified atom stereocenters. The highest BCUT2D eigenvalue weighted by Gasteiger charge is 2.19. The van der Waals surface area contributed by atoms with Gasteiger partial charge in [-0.2, -0.15) is 4.98 Å². The maximum atomic E-state index is 12.9. The van der Waals surface area contributed by atoms with Gasteiger partial charge in [0.1, 0.15) is 6.54 Å². The molecule has 32 heavy (non-hydrogen) atoms. The minimum atomic E-state index is -0.608. The number of benzene rings is 2. The van der Waals surface area contributed by atoms with E-state index in [0.717, 1.165) is 4.57 Å². The summed E-state index contributed by atoms with van der Waals surface area (Å²) in [5.74, 6) is 2.42. The van der Waals surface area contributed by atoms with Gasteiger partial charge in [-0.25, -0.2) is 4.79 Å². The summed E-state index contributed by atoms with van der Waals surface area (Å²) in [7, 11) is 1.54. The van der Waals surface area contributed by atoms with Crippen LogP contribution in [-0.4, -0.2) is 40.2 Å². The Morgan fingerprint density at radius 2 is 1.94 bits per heavy atom. The number of rotatable bonds is 6. The predicted molar refractivity (Wildman–Crippen MR) is 112 cm³/mol. The van der Waals surface area contributed by atoms with Crippen LogP contribution in [0.2, 0.25) is 0 Å². The topological polar surface area (TPSA) is 131 Å². The first-order valence-electron chi connectivity index (χ1n) is 9.77. The van der Waals surface area contributed by atoms with Crippen LogP contribution >= 0.6 is 0 Å². The largest absolute Gasteiger partial charge is 0.493 e. The lowest BCUT2D eigenvalue weighted by atomic mass is 10.2. The second kappa shape index (κ2) is 7.76. The van der Waals surface area contributed by atoms with Gasteiger partial charge >= 0.3 is 5.69 Å². The van der Waals surface area contributed by atoms with Crippen molar-refractivity contribution in [2.75, 3.05) is 20.5 Å². The molecule has 0 amide bonds. The van der Waals surface area contributed by atoms with Crippen LogP contribution in [0.1, 0.15) is 12.8 Å². The second-order valence-electron chi connectivity index (χ2n) is 6.88. The van der Waals surface area contributed by atoms with Gasteiger partial charge in [0.15, 0.2) is 23.0 Å². The highest BCUT2D eigenvalue weighted by atomic mass is 16.7. The first kappa shape index (κ1) is 19.7. The number of nitrogens with zero attached hydrogens (tertiary/aromatic N) is 3. The molecule has 4 aromatic rings. The zero-order valence-electron chi connectivity index (χ0n) is 17.2. The Morgan fingerprint density at radius 3 is 2.72 bits per heavy atom. The van der Waals surface area contributed by atoms with Gasteiger partial charge in [0.2, 0.25) is 18.5 Å². The molecule has 0 atom stereocenters. The molecule has 0 aliphatic carbocycles. The van der Waals surface area contributed by atoms with E-state index in [1.807, 2.05) is 6.92 Å². The molecule has 5 rings (SSSR count). The van der Waals surface area contributed by atoms with E-state index in [1.54, 1.807) is 24.3 Å². The third-order valence-electron chi connectivity index (χ3n) is 4.96. The lowest BCUT2D eigenvalue weighted by Crippen LogP contribution is -2.35. The van der Waals surface area contributed by atoms with E-state index >= 15 is 0 Å². The molecular formula is C21H18N4O7. The number of hydrogen-bond donors (Lipinski definition) is 1. The number of fused-ring (bicyclic) bond motifs is 2. The van der Waals surface area contributed by atoms with E-state index in [0.29, 0.717) is 40.7 Å². The van der Waals surface area contributed by atoms with Gasteiger partial charge in [-0.05, 0) is 31.2 Å². The number of aromatic amines is 1. The molecule has 11 heteroatoms. The van der Waals surface area contributed by atoms with Crippen molar-refractivity contribution in [1.82, 2.24) is 19.7 Å². The molecule has 0 saturated heterocycles. The Balaban J connectivity index is 1.48. The van der Waals surface area contributed by atoms with Crippen molar-refractivity contribution in [1.29, 1.82) is 0 Å². The molecule has 1 N–H and O–H groups in total. The van der Waals surface area contributed by atoms with Crippen LogP contribution in [0.3, 0.4) is 0 Å². The molecule has 2 aromatic heterocycles. The fourth-order valence-corrected chi connectivity index (χ4v) is 3.44. The summed E-state index contributed by atoms with van der Waals surface area (Å²) in [6, 6.07) is 8.33. The van der Waals surface area contributed by atoms with E-state index < -0.39 is 11.2 Å². The number of H-pyrrole nitrogens is 1. The summed E-state index contributed by atoms with van der Waals surface area (Å²) in [4.78, 5) is 32.5. The van der Waals surface area contributed by atoms with Gasteiger partial charge in [0.05, 0.1) is 24.6 Å². The minimum Gasteiger partial charge on any atom is -0.493 e. The van der Waals surface area contributed by atoms with Crippen LogP contribution in [0.25, 0.3) is 22.3 Å². The highest BCUT2D eigenvalue weighted by Crippen LogP contribution is 2.34. The van der Waals surface area contributed by atoms with Gasteiger partial charge in [0.25, 0.3) is 5.56 Å². The van der Waals surface area contributed by atoms with E-state index in [2.05, 4.69) is 15.1 Å². The van der Waals surface area contributed by atoms with Crippen molar-refractivity contribution in [3.8, 4) is 34.4 Å². The maximum absolute atomic E-state index is 12.9. The fraction of sp³-hybridized carbons (Fsp3) is 0.238. The van der Waals surface area contributed by atoms with Gasteiger partial charge in [-0.1, -0.05) is 5.16 Å². The third-order valence-corrected chi connectivity index (χ3v) is 4.96. The second-order valence-corrected chi connectivity index (χ2v) is 6.88. The zero-order valence-corrected chi connectivity index (χ0v) is 17.2. The molecule has 3 heterocycles. The first-order valence-corrected chi connectivity index (χ1v) is 9.77. The number of nitrogens with one attached hydrogen (secondary N) is 1. The summed E-state index contributed by atoms with van der Waals surface area (Å²) in [6.45, 7) is 2.24. The molecule has 11 nitrogen and oxygen atoms in total. The van der Waals surface area contributed by atoms with Crippen LogP contribution in [-0.2, 0) is 6.54 Å². The standard InChI is InChI=1S/C21H18N4O7/c1-3-29-14-5-4-11(6-15(14)28-2)19-23-18(32-24-19)9-25-20(26)12-7-16-17(31-10-30-16)8-13(12)22-21(25)27/h4-8H,3,9-10H2,1-2H3,(H,22,27). The zero-order chi connectivity index (χ0) is 22.2. The summed E-state index contributed by atoms with van der Waals surface area (Å²) < 4.78 is 27.7. The SMILES string of the molecule is CCOc1ccc(-c2noc(Cn3c(=O)[nH]c4cc5c(cc4c3=O)OCO5)n2)cc1OC. The molecule has 2 aromatic carbocycles. The van der Waals surface area contributed by atoms with E-state index in [-0.39, 0.29) is 30.4 Å². The smallest absolute Gasteiger partial charge is 0.329 e. The quantitative estimate of drug-likeness (QED) is 0.480. The predicted octanol–water partition coefficient (Wildman–Crippen LogP) is 1.92. The summed E-state index contributed by atoms with van der Waals surface area (Å²) >= 11 is 0. The van der Waals surface area contributed by atoms with Crippen LogP contribution < -0.4 is 30.2 Å². The Morgan fingerprint density at radius 1 is 1.12 bits per heavy atom. The minimum absolute atomic E-state index is 0.0607. The van der Waals surface area contributed by atoms with Crippen LogP contribution in [0.4, 0.5) is 0 Å². The number of aromatic nitrogens is 4. The summed E-state index contributed by atoms with van der Waals surface area (Å²) in [6.07, 6.45) is 0. The summed E-state index contributed by atoms with van der Waals surface area (Å²) in [5, 5.41) is 4.24. The molecular weight excluding hydrogens is 420 g/mol. The normalized spacial score (nSPS) is 12.3. The lowest BCUT2D eigenvalue weighted by molar-refractivity contribution is 0.174. The molecule has 0 spiro atoms. The average Bonchev–Trinajstić information content (AvgIpc) is 3.45. The molecule has 164 valence electrons.